The van der Waals surface area contributed by atoms with Crippen LogP contribution in [0.4, 0.5) is 27.5 Å². The zero-order valence-electron chi connectivity index (χ0n) is 27.3. The van der Waals surface area contributed by atoms with Gasteiger partial charge in [-0.3, -0.25) is 20.4 Å². The number of anilines is 4. The molecule has 0 atom stereocenters. The number of nitrogens with zero attached hydrogens (tertiary/aromatic N) is 2. The molecule has 6 rings (SSSR count). The summed E-state index contributed by atoms with van der Waals surface area (Å²) in [6, 6.07) is 23.8. The van der Waals surface area contributed by atoms with E-state index < -0.39 is 59.1 Å². The van der Waals surface area contributed by atoms with Crippen molar-refractivity contribution in [2.45, 2.75) is 0 Å². The molecule has 0 fully saturated rings. The van der Waals surface area contributed by atoms with Gasteiger partial charge in [-0.25, -0.2) is 21.6 Å². The number of carbonyl (C=O) groups is 3. The molecule has 0 aromatic heterocycles. The Morgan fingerprint density at radius 3 is 1.25 bits per heavy atom. The number of urea groups is 1. The summed E-state index contributed by atoms with van der Waals surface area (Å²) < 4.78 is 72.5. The second-order valence-electron chi connectivity index (χ2n) is 10.6. The Bertz CT molecular complexity index is 2270. The normalized spacial score (nSPS) is 15.2. The summed E-state index contributed by atoms with van der Waals surface area (Å²) >= 11 is 0. The van der Waals surface area contributed by atoms with Crippen LogP contribution in [-0.4, -0.2) is 55.0 Å². The molecule has 4 aromatic rings. The Morgan fingerprint density at radius 2 is 0.904 bits per heavy atom. The SMILES string of the molecule is O=C(Nc1ccc2c(c1)C=C(S(=O)(=O)[O-])/C(=N/Nc1ccccc1)C2=O)Nc1ccc2c(c1)C=C(S(=O)(=O)[O-])/C(=N/Nc1ccccc1)C2=O.[Na+].[Na+]. The van der Waals surface area contributed by atoms with Crippen LogP contribution in [-0.2, 0) is 20.2 Å². The summed E-state index contributed by atoms with van der Waals surface area (Å²) in [4.78, 5) is 37.6. The van der Waals surface area contributed by atoms with Crippen molar-refractivity contribution in [3.63, 3.8) is 0 Å². The number of benzene rings is 4. The van der Waals surface area contributed by atoms with Gasteiger partial charge in [0.2, 0.25) is 11.6 Å². The molecule has 0 saturated heterocycles. The van der Waals surface area contributed by atoms with Crippen LogP contribution < -0.4 is 80.6 Å². The molecule has 15 nitrogen and oxygen atoms in total. The summed E-state index contributed by atoms with van der Waals surface area (Å²) in [6.45, 7) is 0. The number of Topliss-reactive ketones (excluding diaryl/α,β-unsaturated/α-hetero) is 2. The number of fused-ring (bicyclic) bond motifs is 2. The zero-order chi connectivity index (χ0) is 35.6. The Kier molecular flexibility index (Phi) is 12.9. The number of para-hydroxylation sites is 2. The van der Waals surface area contributed by atoms with Crippen molar-refractivity contribution in [3.05, 3.63) is 129 Å². The van der Waals surface area contributed by atoms with E-state index in [1.54, 1.807) is 60.7 Å². The van der Waals surface area contributed by atoms with Gasteiger partial charge in [0.25, 0.3) is 0 Å². The van der Waals surface area contributed by atoms with Crippen molar-refractivity contribution in [1.82, 2.24) is 0 Å². The third-order valence-electron chi connectivity index (χ3n) is 7.26. The fourth-order valence-electron chi connectivity index (χ4n) is 4.98. The first-order valence-electron chi connectivity index (χ1n) is 14.4. The maximum absolute atomic E-state index is 13.2. The van der Waals surface area contributed by atoms with Crippen LogP contribution in [0.2, 0.25) is 0 Å². The minimum absolute atomic E-state index is 0. The van der Waals surface area contributed by atoms with E-state index in [2.05, 4.69) is 31.7 Å². The second-order valence-corrected chi connectivity index (χ2v) is 13.3. The molecule has 0 unspecified atom stereocenters. The number of ketones is 2. The number of amides is 2. The molecule has 0 spiro atoms. The Hall–Kier alpha value is -4.27. The summed E-state index contributed by atoms with van der Waals surface area (Å²) in [5, 5.41) is 12.8. The summed E-state index contributed by atoms with van der Waals surface area (Å²) in [5.41, 5.74) is 5.13. The molecule has 0 radical (unpaired) electrons. The third kappa shape index (κ3) is 9.20. The van der Waals surface area contributed by atoms with E-state index >= 15 is 0 Å². The van der Waals surface area contributed by atoms with Crippen LogP contribution >= 0.6 is 0 Å². The van der Waals surface area contributed by atoms with E-state index in [0.717, 1.165) is 12.2 Å². The van der Waals surface area contributed by atoms with Crippen LogP contribution in [0.1, 0.15) is 31.8 Å². The quantitative estimate of drug-likeness (QED) is 0.0911. The minimum Gasteiger partial charge on any atom is -0.744 e. The number of allylic oxidation sites excluding steroid dienone is 2. The van der Waals surface area contributed by atoms with Crippen LogP contribution in [0.3, 0.4) is 0 Å². The molecule has 4 N–H and O–H groups in total. The summed E-state index contributed by atoms with van der Waals surface area (Å²) in [6.07, 6.45) is 1.96. The molecular formula is C33H22N6Na2O9S2. The molecule has 52 heavy (non-hydrogen) atoms. The van der Waals surface area contributed by atoms with E-state index in [4.69, 9.17) is 0 Å². The van der Waals surface area contributed by atoms with Crippen LogP contribution in [0.25, 0.3) is 12.2 Å². The van der Waals surface area contributed by atoms with Gasteiger partial charge < -0.3 is 19.7 Å². The first-order valence-corrected chi connectivity index (χ1v) is 17.2. The maximum atomic E-state index is 13.2. The van der Waals surface area contributed by atoms with Crippen LogP contribution in [0.5, 0.6) is 0 Å². The van der Waals surface area contributed by atoms with E-state index in [1.165, 1.54) is 36.4 Å². The zero-order valence-corrected chi connectivity index (χ0v) is 32.9. The van der Waals surface area contributed by atoms with Gasteiger partial charge in [-0.15, -0.1) is 0 Å². The van der Waals surface area contributed by atoms with Gasteiger partial charge in [-0.05, 0) is 83.9 Å². The largest absolute Gasteiger partial charge is 1.00 e. The van der Waals surface area contributed by atoms with Crippen molar-refractivity contribution >= 4 is 84.2 Å². The molecule has 252 valence electrons. The number of nitrogens with one attached hydrogen (secondary N) is 4. The van der Waals surface area contributed by atoms with E-state index in [9.17, 15) is 40.3 Å². The van der Waals surface area contributed by atoms with Crippen molar-refractivity contribution in [3.8, 4) is 0 Å². The van der Waals surface area contributed by atoms with E-state index in [0.29, 0.717) is 11.4 Å². The van der Waals surface area contributed by atoms with Gasteiger partial charge in [0, 0.05) is 22.5 Å². The van der Waals surface area contributed by atoms with Gasteiger partial charge in [0.15, 0.2) is 0 Å². The average molecular weight is 757 g/mol. The number of carbonyl (C=O) groups excluding carboxylic acids is 3. The number of hydrazone groups is 2. The fourth-order valence-corrected chi connectivity index (χ4v) is 6.28. The smallest absolute Gasteiger partial charge is 0.744 e. The van der Waals surface area contributed by atoms with Crippen molar-refractivity contribution in [2.75, 3.05) is 21.5 Å². The predicted octanol–water partition coefficient (Wildman–Crippen LogP) is -1.56. The van der Waals surface area contributed by atoms with Gasteiger partial charge in [-0.2, -0.15) is 10.2 Å². The Balaban J connectivity index is 0.00000302. The first kappa shape index (κ1) is 40.5. The minimum atomic E-state index is -5.15. The van der Waals surface area contributed by atoms with Crippen LogP contribution in [0.15, 0.2) is 117 Å². The molecule has 0 bridgehead atoms. The summed E-state index contributed by atoms with van der Waals surface area (Å²) in [5.74, 6) is -1.67. The van der Waals surface area contributed by atoms with Gasteiger partial charge in [-0.1, -0.05) is 36.4 Å². The monoisotopic (exact) mass is 756 g/mol. The van der Waals surface area contributed by atoms with Crippen molar-refractivity contribution in [1.29, 1.82) is 0 Å². The fraction of sp³-hybridized carbons (Fsp3) is 0. The Labute approximate surface area is 341 Å². The second kappa shape index (κ2) is 16.6. The van der Waals surface area contributed by atoms with E-state index in [-0.39, 0.29) is 92.7 Å². The molecule has 2 aliphatic rings. The first-order chi connectivity index (χ1) is 23.8. The average Bonchev–Trinajstić information content (AvgIpc) is 3.07. The van der Waals surface area contributed by atoms with Crippen molar-refractivity contribution in [2.24, 2.45) is 10.2 Å². The van der Waals surface area contributed by atoms with Crippen LogP contribution in [0, 0.1) is 0 Å². The molecule has 0 aliphatic heterocycles. The molecule has 0 saturated carbocycles. The molecule has 4 aromatic carbocycles. The summed E-state index contributed by atoms with van der Waals surface area (Å²) in [7, 11) is -10.3. The van der Waals surface area contributed by atoms with Gasteiger partial charge >= 0.3 is 65.1 Å². The number of rotatable bonds is 8. The molecule has 0 heterocycles. The molecular weight excluding hydrogens is 735 g/mol. The van der Waals surface area contributed by atoms with Gasteiger partial charge in [0.1, 0.15) is 31.7 Å². The van der Waals surface area contributed by atoms with Crippen molar-refractivity contribution < 1.29 is 99.4 Å². The van der Waals surface area contributed by atoms with Gasteiger partial charge in [0.05, 0.1) is 21.2 Å². The third-order valence-corrected chi connectivity index (χ3v) is 8.96. The Morgan fingerprint density at radius 1 is 0.538 bits per heavy atom. The standard InChI is InChI=1S/C33H24N6O9S2.2Na/c40-31-25-13-11-23(15-19(25)17-27(49(43,44)45)29(31)38-36-21-7-3-1-4-8-21)34-33(42)35-24-12-14-26-20(16-24)18-28(50(46,47)48)30(32(26)41)39-37-22-9-5-2-6-10-22;;/h1-18,36-37H,(H2,34,35,42)(H,43,44,45)(H,46,47,48);;/q;2*+1/p-2/b38-29-,39-30-;;. The van der Waals surface area contributed by atoms with E-state index in [1.807, 2.05) is 0 Å². The topological polar surface area (TPSA) is 238 Å². The maximum Gasteiger partial charge on any atom is 1.00 e. The number of hydrogen-bond donors (Lipinski definition) is 4. The predicted molar refractivity (Wildman–Crippen MR) is 185 cm³/mol. The molecule has 19 heteroatoms. The molecule has 2 amide bonds. The molecule has 2 aliphatic carbocycles. The number of hydrogen-bond acceptors (Lipinski definition) is 13.